The maximum atomic E-state index is 12.7. The van der Waals surface area contributed by atoms with Crippen LogP contribution in [-0.2, 0) is 21.1 Å². The second kappa shape index (κ2) is 6.24. The molecule has 2 atom stereocenters. The molecule has 1 aromatic rings. The Balaban J connectivity index is 1.82. The van der Waals surface area contributed by atoms with Gasteiger partial charge in [-0.25, -0.2) is 8.42 Å². The van der Waals surface area contributed by atoms with Crippen LogP contribution in [0.15, 0.2) is 18.2 Å². The highest BCUT2D eigenvalue weighted by atomic mass is 35.5. The smallest absolute Gasteiger partial charge is 0.227 e. The normalized spacial score (nSPS) is 27.0. The Hall–Kier alpha value is -0.820. The van der Waals surface area contributed by atoms with Crippen LogP contribution in [0.1, 0.15) is 5.56 Å². The molecule has 0 aliphatic carbocycles. The lowest BCUT2D eigenvalue weighted by Crippen LogP contribution is -2.59. The largest absolute Gasteiger partial charge is 0.336 e. The number of sulfone groups is 1. The molecule has 3 rings (SSSR count). The number of carbonyl (C=O) groups is 1. The third kappa shape index (κ3) is 3.36. The number of amides is 1. The van der Waals surface area contributed by atoms with E-state index in [4.69, 9.17) is 23.2 Å². The molecule has 0 spiro atoms. The molecule has 1 aromatic carbocycles. The van der Waals surface area contributed by atoms with Crippen LogP contribution in [0.3, 0.4) is 0 Å². The van der Waals surface area contributed by atoms with Crippen molar-refractivity contribution < 1.29 is 13.2 Å². The highest BCUT2D eigenvalue weighted by Crippen LogP contribution is 2.29. The summed E-state index contributed by atoms with van der Waals surface area (Å²) in [7, 11) is -1.20. The zero-order valence-corrected chi connectivity index (χ0v) is 15.0. The van der Waals surface area contributed by atoms with Crippen molar-refractivity contribution in [1.29, 1.82) is 0 Å². The van der Waals surface area contributed by atoms with Crippen molar-refractivity contribution in [3.63, 3.8) is 0 Å². The number of benzene rings is 1. The van der Waals surface area contributed by atoms with E-state index < -0.39 is 9.84 Å². The van der Waals surface area contributed by atoms with Crippen LogP contribution in [0.25, 0.3) is 0 Å². The van der Waals surface area contributed by atoms with E-state index in [0.717, 1.165) is 0 Å². The minimum absolute atomic E-state index is 0.0317. The van der Waals surface area contributed by atoms with Crippen LogP contribution in [-0.4, -0.2) is 67.9 Å². The van der Waals surface area contributed by atoms with Crippen LogP contribution in [0.2, 0.25) is 10.0 Å². The van der Waals surface area contributed by atoms with E-state index in [1.54, 1.807) is 23.1 Å². The topological polar surface area (TPSA) is 57.7 Å². The summed E-state index contributed by atoms with van der Waals surface area (Å²) in [6.45, 7) is 1.19. The fourth-order valence-corrected chi connectivity index (χ4v) is 5.98. The molecule has 2 heterocycles. The molecule has 2 aliphatic rings. The number of halogens is 2. The van der Waals surface area contributed by atoms with Crippen molar-refractivity contribution in [1.82, 2.24) is 9.80 Å². The van der Waals surface area contributed by atoms with E-state index in [-0.39, 0.29) is 35.9 Å². The summed E-state index contributed by atoms with van der Waals surface area (Å²) in [5.74, 6) is 0.0228. The first-order chi connectivity index (χ1) is 10.8. The third-order valence-electron chi connectivity index (χ3n) is 4.66. The zero-order valence-electron chi connectivity index (χ0n) is 12.7. The lowest BCUT2D eigenvalue weighted by Gasteiger charge is -2.42. The van der Waals surface area contributed by atoms with Crippen molar-refractivity contribution >= 4 is 38.9 Å². The van der Waals surface area contributed by atoms with Crippen molar-refractivity contribution in [2.75, 3.05) is 31.6 Å². The van der Waals surface area contributed by atoms with Gasteiger partial charge in [-0.15, -0.1) is 0 Å². The molecule has 126 valence electrons. The summed E-state index contributed by atoms with van der Waals surface area (Å²) < 4.78 is 23.9. The molecule has 2 aliphatic heterocycles. The number of piperazine rings is 1. The van der Waals surface area contributed by atoms with E-state index in [0.29, 0.717) is 28.7 Å². The Morgan fingerprint density at radius 3 is 2.43 bits per heavy atom. The molecule has 0 saturated carbocycles. The molecule has 23 heavy (non-hydrogen) atoms. The molecule has 0 aromatic heterocycles. The Morgan fingerprint density at radius 1 is 1.17 bits per heavy atom. The Labute approximate surface area is 146 Å². The SMILES string of the molecule is CN1CCN(C(=O)Cc2c(Cl)cccc2Cl)[C@@H]2CS(=O)(=O)C[C@@H]21. The quantitative estimate of drug-likeness (QED) is 0.784. The molecule has 0 unspecified atom stereocenters. The van der Waals surface area contributed by atoms with E-state index in [1.165, 1.54) is 0 Å². The minimum Gasteiger partial charge on any atom is -0.336 e. The Morgan fingerprint density at radius 2 is 1.78 bits per heavy atom. The maximum Gasteiger partial charge on any atom is 0.227 e. The monoisotopic (exact) mass is 376 g/mol. The lowest BCUT2D eigenvalue weighted by atomic mass is 10.0. The van der Waals surface area contributed by atoms with Crippen molar-refractivity contribution in [2.24, 2.45) is 0 Å². The van der Waals surface area contributed by atoms with Crippen molar-refractivity contribution in [3.05, 3.63) is 33.8 Å². The fraction of sp³-hybridized carbons (Fsp3) is 0.533. The summed E-state index contributed by atoms with van der Waals surface area (Å²) in [6.07, 6.45) is 0.0888. The van der Waals surface area contributed by atoms with E-state index in [1.807, 2.05) is 11.9 Å². The first-order valence-electron chi connectivity index (χ1n) is 7.41. The Kier molecular flexibility index (Phi) is 4.62. The summed E-state index contributed by atoms with van der Waals surface area (Å²) in [4.78, 5) is 16.4. The average Bonchev–Trinajstić information content (AvgIpc) is 2.79. The molecule has 0 radical (unpaired) electrons. The third-order valence-corrected chi connectivity index (χ3v) is 7.07. The fourth-order valence-electron chi connectivity index (χ4n) is 3.39. The molecule has 2 saturated heterocycles. The van der Waals surface area contributed by atoms with Crippen molar-refractivity contribution in [2.45, 2.75) is 18.5 Å². The van der Waals surface area contributed by atoms with Crippen molar-refractivity contribution in [3.8, 4) is 0 Å². The number of hydrogen-bond donors (Lipinski definition) is 0. The second-order valence-electron chi connectivity index (χ2n) is 6.16. The summed E-state index contributed by atoms with van der Waals surface area (Å²) in [6, 6.07) is 4.71. The average molecular weight is 377 g/mol. The number of fused-ring (bicyclic) bond motifs is 1. The maximum absolute atomic E-state index is 12.7. The molecule has 5 nitrogen and oxygen atoms in total. The van der Waals surface area contributed by atoms with Crippen LogP contribution >= 0.6 is 23.2 Å². The standard InChI is InChI=1S/C15H18Cl2N2O3S/c1-18-5-6-19(14-9-23(21,22)8-13(14)18)15(20)7-10-11(16)3-2-4-12(10)17/h2-4,13-14H,5-9H2,1H3/t13-,14+/m0/s1. The van der Waals surface area contributed by atoms with Gasteiger partial charge in [0.05, 0.1) is 24.0 Å². The van der Waals surface area contributed by atoms with Crippen LogP contribution < -0.4 is 0 Å². The van der Waals surface area contributed by atoms with Gasteiger partial charge in [0.15, 0.2) is 9.84 Å². The minimum atomic E-state index is -3.11. The summed E-state index contributed by atoms with van der Waals surface area (Å²) in [5, 5.41) is 0.908. The molecule has 2 fully saturated rings. The predicted octanol–water partition coefficient (Wildman–Crippen LogP) is 1.48. The van der Waals surface area contributed by atoms with Crippen LogP contribution in [0, 0.1) is 0 Å². The second-order valence-corrected chi connectivity index (χ2v) is 9.12. The lowest BCUT2D eigenvalue weighted by molar-refractivity contribution is -0.135. The summed E-state index contributed by atoms with van der Waals surface area (Å²) >= 11 is 12.3. The van der Waals surface area contributed by atoms with Gasteiger partial charge in [-0.1, -0.05) is 29.3 Å². The number of hydrogen-bond acceptors (Lipinski definition) is 4. The Bertz CT molecular complexity index is 718. The highest BCUT2D eigenvalue weighted by Gasteiger charge is 2.46. The van der Waals surface area contributed by atoms with Gasteiger partial charge < -0.3 is 4.90 Å². The molecule has 0 bridgehead atoms. The number of rotatable bonds is 2. The number of nitrogens with zero attached hydrogens (tertiary/aromatic N) is 2. The molecule has 8 heteroatoms. The van der Waals surface area contributed by atoms with E-state index >= 15 is 0 Å². The van der Waals surface area contributed by atoms with Gasteiger partial charge in [0.2, 0.25) is 5.91 Å². The molecular weight excluding hydrogens is 359 g/mol. The van der Waals surface area contributed by atoms with E-state index in [9.17, 15) is 13.2 Å². The van der Waals surface area contributed by atoms with Crippen LogP contribution in [0.4, 0.5) is 0 Å². The van der Waals surface area contributed by atoms with Gasteiger partial charge in [0.25, 0.3) is 0 Å². The highest BCUT2D eigenvalue weighted by molar-refractivity contribution is 7.91. The van der Waals surface area contributed by atoms with Gasteiger partial charge in [-0.05, 0) is 24.7 Å². The zero-order chi connectivity index (χ0) is 16.8. The van der Waals surface area contributed by atoms with Gasteiger partial charge in [-0.3, -0.25) is 9.69 Å². The first-order valence-corrected chi connectivity index (χ1v) is 9.99. The first kappa shape index (κ1) is 17.0. The summed E-state index contributed by atoms with van der Waals surface area (Å²) in [5.41, 5.74) is 0.595. The molecule has 1 amide bonds. The van der Waals surface area contributed by atoms with Crippen LogP contribution in [0.5, 0.6) is 0 Å². The molecular formula is C15H18Cl2N2O3S. The number of likely N-dealkylation sites (N-methyl/N-ethyl adjacent to an activating group) is 1. The van der Waals surface area contributed by atoms with E-state index in [2.05, 4.69) is 0 Å². The van der Waals surface area contributed by atoms with Gasteiger partial charge in [0.1, 0.15) is 0 Å². The molecule has 0 N–H and O–H groups in total. The number of carbonyl (C=O) groups excluding carboxylic acids is 1. The van der Waals surface area contributed by atoms with Gasteiger partial charge >= 0.3 is 0 Å². The van der Waals surface area contributed by atoms with Gasteiger partial charge in [-0.2, -0.15) is 0 Å². The predicted molar refractivity (Wildman–Crippen MR) is 90.7 cm³/mol. The van der Waals surface area contributed by atoms with Gasteiger partial charge in [0, 0.05) is 29.2 Å².